The van der Waals surface area contributed by atoms with Crippen molar-refractivity contribution in [2.45, 2.75) is 71.4 Å². The minimum absolute atomic E-state index is 0.386. The molecular weight excluding hydrogens is 246 g/mol. The molecule has 0 spiro atoms. The third kappa shape index (κ3) is 3.35. The molecule has 1 aromatic rings. The van der Waals surface area contributed by atoms with Gasteiger partial charge in [-0.15, -0.1) is 0 Å². The van der Waals surface area contributed by atoms with Crippen molar-refractivity contribution in [2.24, 2.45) is 0 Å². The Balaban J connectivity index is 2.13. The first-order chi connectivity index (χ1) is 9.52. The van der Waals surface area contributed by atoms with E-state index in [-0.39, 0.29) is 0 Å². The highest BCUT2D eigenvalue weighted by atomic mass is 16.5. The number of hydrogen-bond donors (Lipinski definition) is 1. The highest BCUT2D eigenvalue weighted by Crippen LogP contribution is 2.37. The predicted octanol–water partition coefficient (Wildman–Crippen LogP) is 4.45. The largest absolute Gasteiger partial charge is 0.490 e. The Morgan fingerprint density at radius 1 is 1.10 bits per heavy atom. The molecule has 0 saturated heterocycles. The fraction of sp³-hybridized carbons (Fsp3) is 0.667. The molecule has 2 rings (SSSR count). The zero-order valence-electron chi connectivity index (χ0n) is 13.6. The lowest BCUT2D eigenvalue weighted by Gasteiger charge is -2.37. The van der Waals surface area contributed by atoms with Crippen LogP contribution in [0.25, 0.3) is 0 Å². The summed E-state index contributed by atoms with van der Waals surface area (Å²) in [6, 6.07) is 7.25. The topological polar surface area (TPSA) is 21.3 Å². The van der Waals surface area contributed by atoms with Crippen LogP contribution < -0.4 is 10.1 Å². The molecule has 20 heavy (non-hydrogen) atoms. The van der Waals surface area contributed by atoms with Gasteiger partial charge in [-0.2, -0.15) is 0 Å². The van der Waals surface area contributed by atoms with Gasteiger partial charge in [0.15, 0.2) is 0 Å². The zero-order chi connectivity index (χ0) is 14.7. The minimum atomic E-state index is 0.386. The van der Waals surface area contributed by atoms with Gasteiger partial charge in [0, 0.05) is 6.04 Å². The molecule has 1 aromatic carbocycles. The van der Waals surface area contributed by atoms with E-state index in [1.54, 1.807) is 0 Å². The summed E-state index contributed by atoms with van der Waals surface area (Å²) in [4.78, 5) is 0. The number of benzene rings is 1. The van der Waals surface area contributed by atoms with Gasteiger partial charge >= 0.3 is 0 Å². The van der Waals surface area contributed by atoms with Crippen molar-refractivity contribution >= 4 is 0 Å². The van der Waals surface area contributed by atoms with Gasteiger partial charge in [-0.05, 0) is 42.3 Å². The van der Waals surface area contributed by atoms with Crippen molar-refractivity contribution < 1.29 is 4.74 Å². The molecule has 0 bridgehead atoms. The first-order valence-corrected chi connectivity index (χ1v) is 8.05. The first kappa shape index (κ1) is 15.4. The van der Waals surface area contributed by atoms with E-state index in [1.807, 2.05) is 0 Å². The fourth-order valence-electron chi connectivity index (χ4n) is 2.90. The summed E-state index contributed by atoms with van der Waals surface area (Å²) in [7, 11) is 0. The lowest BCUT2D eigenvalue weighted by molar-refractivity contribution is 0.0835. The molecule has 0 radical (unpaired) electrons. The average molecular weight is 275 g/mol. The van der Waals surface area contributed by atoms with Crippen LogP contribution in [-0.2, 0) is 0 Å². The van der Waals surface area contributed by atoms with Crippen molar-refractivity contribution in [3.05, 3.63) is 29.3 Å². The maximum atomic E-state index is 6.37. The number of para-hydroxylation sites is 1. The number of hydrogen-bond acceptors (Lipinski definition) is 2. The second-order valence-electron chi connectivity index (χ2n) is 6.54. The first-order valence-electron chi connectivity index (χ1n) is 8.05. The van der Waals surface area contributed by atoms with E-state index >= 15 is 0 Å². The van der Waals surface area contributed by atoms with Crippen molar-refractivity contribution in [3.8, 4) is 5.75 Å². The van der Waals surface area contributed by atoms with Gasteiger partial charge in [-0.25, -0.2) is 0 Å². The molecule has 1 N–H and O–H groups in total. The molecule has 0 atom stereocenters. The monoisotopic (exact) mass is 275 g/mol. The summed E-state index contributed by atoms with van der Waals surface area (Å²) in [5.41, 5.74) is 2.70. The second-order valence-corrected chi connectivity index (χ2v) is 6.54. The van der Waals surface area contributed by atoms with E-state index in [9.17, 15) is 0 Å². The quantitative estimate of drug-likeness (QED) is 0.828. The molecule has 0 aliphatic heterocycles. The van der Waals surface area contributed by atoms with Crippen LogP contribution in [0.3, 0.4) is 0 Å². The highest BCUT2D eigenvalue weighted by Gasteiger charge is 2.31. The number of nitrogens with one attached hydrogen (secondary N) is 1. The van der Waals surface area contributed by atoms with Crippen LogP contribution in [0.5, 0.6) is 5.75 Å². The Kier molecular flexibility index (Phi) is 5.09. The van der Waals surface area contributed by atoms with E-state index in [2.05, 4.69) is 58.1 Å². The molecule has 1 aliphatic rings. The van der Waals surface area contributed by atoms with E-state index in [1.165, 1.54) is 11.1 Å². The normalized spacial score (nSPS) is 22.1. The van der Waals surface area contributed by atoms with Crippen molar-refractivity contribution in [1.29, 1.82) is 0 Å². The molecule has 2 nitrogen and oxygen atoms in total. The molecule has 2 heteroatoms. The zero-order valence-corrected chi connectivity index (χ0v) is 13.6. The van der Waals surface area contributed by atoms with Gasteiger partial charge in [0.2, 0.25) is 0 Å². The molecule has 0 amide bonds. The van der Waals surface area contributed by atoms with E-state index in [4.69, 9.17) is 4.74 Å². The van der Waals surface area contributed by atoms with Crippen LogP contribution in [0, 0.1) is 0 Å². The fourth-order valence-corrected chi connectivity index (χ4v) is 2.90. The summed E-state index contributed by atoms with van der Waals surface area (Å²) >= 11 is 0. The summed E-state index contributed by atoms with van der Waals surface area (Å²) in [6.45, 7) is 12.2. The van der Waals surface area contributed by atoms with Crippen LogP contribution in [-0.4, -0.2) is 18.7 Å². The van der Waals surface area contributed by atoms with Crippen LogP contribution in [0.2, 0.25) is 0 Å². The molecule has 0 aromatic heterocycles. The Morgan fingerprint density at radius 2 is 1.65 bits per heavy atom. The summed E-state index contributed by atoms with van der Waals surface area (Å²) in [5, 5.41) is 3.49. The Labute approximate surface area is 123 Å². The van der Waals surface area contributed by atoms with Gasteiger partial charge in [0.1, 0.15) is 11.9 Å². The van der Waals surface area contributed by atoms with Crippen molar-refractivity contribution in [3.63, 3.8) is 0 Å². The molecule has 0 unspecified atom stereocenters. The Morgan fingerprint density at radius 3 is 2.10 bits per heavy atom. The summed E-state index contributed by atoms with van der Waals surface area (Å²) < 4.78 is 6.37. The highest BCUT2D eigenvalue weighted by molar-refractivity contribution is 5.45. The van der Waals surface area contributed by atoms with E-state index < -0.39 is 0 Å². The second kappa shape index (κ2) is 6.62. The molecule has 112 valence electrons. The SMILES string of the molecule is CCNC1CC(Oc2c(C(C)C)cccc2C(C)C)C1. The smallest absolute Gasteiger partial charge is 0.126 e. The predicted molar refractivity (Wildman–Crippen MR) is 85.7 cm³/mol. The minimum Gasteiger partial charge on any atom is -0.490 e. The maximum Gasteiger partial charge on any atom is 0.126 e. The molecule has 1 aliphatic carbocycles. The van der Waals surface area contributed by atoms with Crippen LogP contribution in [0.15, 0.2) is 18.2 Å². The number of rotatable bonds is 6. The van der Waals surface area contributed by atoms with Crippen LogP contribution >= 0.6 is 0 Å². The van der Waals surface area contributed by atoms with Crippen molar-refractivity contribution in [2.75, 3.05) is 6.54 Å². The van der Waals surface area contributed by atoms with Gasteiger partial charge in [-0.3, -0.25) is 0 Å². The number of ether oxygens (including phenoxy) is 1. The van der Waals surface area contributed by atoms with Gasteiger partial charge < -0.3 is 10.1 Å². The molecule has 0 heterocycles. The summed E-state index contributed by atoms with van der Waals surface area (Å²) in [6.07, 6.45) is 2.66. The maximum absolute atomic E-state index is 6.37. The van der Waals surface area contributed by atoms with E-state index in [0.29, 0.717) is 24.0 Å². The van der Waals surface area contributed by atoms with Crippen LogP contribution in [0.4, 0.5) is 0 Å². The lowest BCUT2D eigenvalue weighted by atomic mass is 9.88. The average Bonchev–Trinajstić information content (AvgIpc) is 2.35. The van der Waals surface area contributed by atoms with Crippen molar-refractivity contribution in [1.82, 2.24) is 5.32 Å². The van der Waals surface area contributed by atoms with E-state index in [0.717, 1.165) is 25.1 Å². The third-order valence-electron chi connectivity index (χ3n) is 4.19. The summed E-state index contributed by atoms with van der Waals surface area (Å²) in [5.74, 6) is 2.17. The van der Waals surface area contributed by atoms with Crippen LogP contribution in [0.1, 0.15) is 70.4 Å². The lowest BCUT2D eigenvalue weighted by Crippen LogP contribution is -2.46. The molecular formula is C18H29NO. The van der Waals surface area contributed by atoms with Gasteiger partial charge in [-0.1, -0.05) is 52.8 Å². The van der Waals surface area contributed by atoms with Gasteiger partial charge in [0.05, 0.1) is 0 Å². The molecule has 1 saturated carbocycles. The van der Waals surface area contributed by atoms with Gasteiger partial charge in [0.25, 0.3) is 0 Å². The molecule has 1 fully saturated rings. The third-order valence-corrected chi connectivity index (χ3v) is 4.19. The standard InChI is InChI=1S/C18H29NO/c1-6-19-14-10-15(11-14)20-18-16(12(2)3)8-7-9-17(18)13(4)5/h7-9,12-15,19H,6,10-11H2,1-5H3. The Bertz CT molecular complexity index is 407. The Hall–Kier alpha value is -1.02.